The lowest BCUT2D eigenvalue weighted by molar-refractivity contribution is -0.206. The van der Waals surface area contributed by atoms with Gasteiger partial charge >= 0.3 is 0 Å². The molecule has 0 amide bonds. The van der Waals surface area contributed by atoms with E-state index in [9.17, 15) is 10.4 Å². The Kier molecular flexibility index (Phi) is 6.20. The molecule has 20 heavy (non-hydrogen) atoms. The maximum absolute atomic E-state index is 12.1. The molecule has 0 saturated heterocycles. The Labute approximate surface area is 121 Å². The Balaban J connectivity index is 1.69. The zero-order valence-corrected chi connectivity index (χ0v) is 12.5. The molecule has 2 aliphatic carbocycles. The van der Waals surface area contributed by atoms with Crippen molar-refractivity contribution in [1.29, 1.82) is 0 Å². The van der Waals surface area contributed by atoms with E-state index in [0.717, 1.165) is 61.7 Å². The van der Waals surface area contributed by atoms with E-state index in [2.05, 4.69) is 0 Å². The van der Waals surface area contributed by atoms with E-state index in [1.54, 1.807) is 14.2 Å². The van der Waals surface area contributed by atoms with Crippen molar-refractivity contribution in [1.82, 2.24) is 10.3 Å². The van der Waals surface area contributed by atoms with Gasteiger partial charge in [0, 0.05) is 13.2 Å². The molecule has 0 spiro atoms. The summed E-state index contributed by atoms with van der Waals surface area (Å²) in [7, 11) is 3.29. The first-order chi connectivity index (χ1) is 9.60. The number of nitrogens with zero attached hydrogens (tertiary/aromatic N) is 2. The van der Waals surface area contributed by atoms with E-state index >= 15 is 0 Å². The minimum atomic E-state index is -0.0913. The summed E-state index contributed by atoms with van der Waals surface area (Å²) in [5, 5.41) is 25.1. The van der Waals surface area contributed by atoms with E-state index in [1.807, 2.05) is 0 Å². The Morgan fingerprint density at radius 2 is 1.30 bits per heavy atom. The highest BCUT2D eigenvalue weighted by Crippen LogP contribution is 2.28. The van der Waals surface area contributed by atoms with Gasteiger partial charge in [0.1, 0.15) is 0 Å². The van der Waals surface area contributed by atoms with E-state index < -0.39 is 0 Å². The van der Waals surface area contributed by atoms with Crippen molar-refractivity contribution in [3.8, 4) is 0 Å². The number of hydrogen-bond acceptors (Lipinski definition) is 6. The summed E-state index contributed by atoms with van der Waals surface area (Å²) >= 11 is 0. The molecule has 0 unspecified atom stereocenters. The van der Waals surface area contributed by atoms with Crippen LogP contribution in [0.15, 0.2) is 0 Å². The largest absolute Gasteiger partial charge is 0.785 e. The third kappa shape index (κ3) is 4.38. The van der Waals surface area contributed by atoms with Gasteiger partial charge in [0.15, 0.2) is 0 Å². The van der Waals surface area contributed by atoms with Gasteiger partial charge in [-0.25, -0.2) is 0 Å². The highest BCUT2D eigenvalue weighted by Gasteiger charge is 2.26. The first-order valence-corrected chi connectivity index (χ1v) is 7.66. The lowest BCUT2D eigenvalue weighted by Gasteiger charge is -2.45. The van der Waals surface area contributed by atoms with Gasteiger partial charge < -0.3 is 25.1 Å². The summed E-state index contributed by atoms with van der Waals surface area (Å²) in [6.45, 7) is 0. The van der Waals surface area contributed by atoms with Gasteiger partial charge in [-0.2, -0.15) is 0 Å². The lowest BCUT2D eigenvalue weighted by atomic mass is 9.91. The van der Waals surface area contributed by atoms with Crippen LogP contribution in [0.25, 0.3) is 0 Å². The topological polar surface area (TPSA) is 71.1 Å². The molecule has 0 atom stereocenters. The van der Waals surface area contributed by atoms with Crippen LogP contribution < -0.4 is 0 Å². The first kappa shape index (κ1) is 16.1. The van der Waals surface area contributed by atoms with Crippen molar-refractivity contribution < 1.29 is 9.57 Å². The maximum Gasteiger partial charge on any atom is 0.0783 e. The molecular weight excluding hydrogens is 260 g/mol. The second-order valence-electron chi connectivity index (χ2n) is 6.03. The Hall–Kier alpha value is -0.240. The standard InChI is InChI=1S/C14H26N2O4/c1-15(17)11-3-5-12(6-4-11)16(18)20-14-9-7-13(19-2)8-10-14/h11-14H,3-10H2,1-2H3/q-2. The number of hydrogen-bond donors (Lipinski definition) is 0. The second kappa shape index (κ2) is 7.68. The van der Waals surface area contributed by atoms with Crippen LogP contribution in [-0.2, 0) is 9.57 Å². The molecule has 0 bridgehead atoms. The van der Waals surface area contributed by atoms with Crippen molar-refractivity contribution >= 4 is 0 Å². The van der Waals surface area contributed by atoms with Gasteiger partial charge in [-0.1, -0.05) is 0 Å². The first-order valence-electron chi connectivity index (χ1n) is 7.66. The van der Waals surface area contributed by atoms with Crippen LogP contribution in [0.2, 0.25) is 0 Å². The zero-order valence-electron chi connectivity index (χ0n) is 12.5. The molecule has 2 rings (SSSR count). The fourth-order valence-electron chi connectivity index (χ4n) is 3.24. The van der Waals surface area contributed by atoms with E-state index in [4.69, 9.17) is 9.57 Å². The van der Waals surface area contributed by atoms with E-state index in [1.165, 1.54) is 0 Å². The average Bonchev–Trinajstić information content (AvgIpc) is 2.48. The minimum absolute atomic E-state index is 0.0267. The molecule has 0 aliphatic heterocycles. The van der Waals surface area contributed by atoms with Gasteiger partial charge in [-0.3, -0.25) is 5.23 Å². The van der Waals surface area contributed by atoms with Crippen LogP contribution in [0.3, 0.4) is 0 Å². The smallest absolute Gasteiger partial charge is 0.0783 e. The van der Waals surface area contributed by atoms with Crippen LogP contribution in [-0.4, -0.2) is 48.7 Å². The molecule has 6 heteroatoms. The highest BCUT2D eigenvalue weighted by molar-refractivity contribution is 4.82. The van der Waals surface area contributed by atoms with Gasteiger partial charge in [-0.15, -0.1) is 0 Å². The normalized spacial score (nSPS) is 35.7. The highest BCUT2D eigenvalue weighted by atomic mass is 16.9. The second-order valence-corrected chi connectivity index (χ2v) is 6.03. The molecule has 0 aromatic rings. The van der Waals surface area contributed by atoms with Crippen molar-refractivity contribution in [3.63, 3.8) is 0 Å². The van der Waals surface area contributed by atoms with Crippen molar-refractivity contribution in [2.24, 2.45) is 0 Å². The Morgan fingerprint density at radius 3 is 1.80 bits per heavy atom. The maximum atomic E-state index is 12.1. The van der Waals surface area contributed by atoms with Gasteiger partial charge in [-0.05, 0) is 64.5 Å². The van der Waals surface area contributed by atoms with Crippen molar-refractivity contribution in [2.75, 3.05) is 14.2 Å². The quantitative estimate of drug-likeness (QED) is 0.723. The monoisotopic (exact) mass is 286 g/mol. The minimum Gasteiger partial charge on any atom is -0.785 e. The zero-order chi connectivity index (χ0) is 14.5. The number of rotatable bonds is 5. The molecule has 118 valence electrons. The molecule has 6 nitrogen and oxygen atoms in total. The summed E-state index contributed by atoms with van der Waals surface area (Å²) in [5.74, 6) is 0. The molecule has 0 N–H and O–H groups in total. The summed E-state index contributed by atoms with van der Waals surface area (Å²) in [6, 6.07) is -0.0249. The fraction of sp³-hybridized carbons (Fsp3) is 1.00. The molecular formula is C14H26N2O4-2. The molecule has 0 aromatic heterocycles. The van der Waals surface area contributed by atoms with Gasteiger partial charge in [0.25, 0.3) is 0 Å². The third-order valence-electron chi connectivity index (χ3n) is 4.69. The SMILES string of the molecule is COC1CCC(ON([O-])C2CCC(N(C)[O-])CC2)CC1. The molecule has 2 saturated carbocycles. The summed E-state index contributed by atoms with van der Waals surface area (Å²) in [6.07, 6.45) is 7.09. The third-order valence-corrected chi connectivity index (χ3v) is 4.69. The summed E-state index contributed by atoms with van der Waals surface area (Å²) in [5.41, 5.74) is 0. The van der Waals surface area contributed by atoms with Crippen molar-refractivity contribution in [3.05, 3.63) is 10.4 Å². The molecule has 0 heterocycles. The molecule has 0 radical (unpaired) electrons. The Bertz CT molecular complexity index is 274. The molecule has 2 fully saturated rings. The number of hydroxylamine groups is 4. The predicted octanol–water partition coefficient (Wildman–Crippen LogP) is 2.42. The van der Waals surface area contributed by atoms with Crippen LogP contribution in [0.4, 0.5) is 0 Å². The molecule has 2 aliphatic rings. The summed E-state index contributed by atoms with van der Waals surface area (Å²) < 4.78 is 5.31. The van der Waals surface area contributed by atoms with Crippen LogP contribution in [0.1, 0.15) is 51.4 Å². The predicted molar refractivity (Wildman–Crippen MR) is 76.5 cm³/mol. The van der Waals surface area contributed by atoms with Crippen LogP contribution in [0.5, 0.6) is 0 Å². The van der Waals surface area contributed by atoms with E-state index in [0.29, 0.717) is 6.10 Å². The van der Waals surface area contributed by atoms with Crippen molar-refractivity contribution in [2.45, 2.75) is 75.7 Å². The van der Waals surface area contributed by atoms with E-state index in [-0.39, 0.29) is 18.2 Å². The lowest BCUT2D eigenvalue weighted by Crippen LogP contribution is -2.41. The average molecular weight is 286 g/mol. The Morgan fingerprint density at radius 1 is 0.800 bits per heavy atom. The number of methoxy groups -OCH3 is 1. The van der Waals surface area contributed by atoms with Gasteiger partial charge in [0.05, 0.1) is 12.2 Å². The molecule has 0 aromatic carbocycles. The van der Waals surface area contributed by atoms with Crippen LogP contribution in [0, 0.1) is 10.4 Å². The van der Waals surface area contributed by atoms with Gasteiger partial charge in [0.2, 0.25) is 0 Å². The number of ether oxygens (including phenoxy) is 1. The fourth-order valence-corrected chi connectivity index (χ4v) is 3.24. The van der Waals surface area contributed by atoms with Crippen LogP contribution >= 0.6 is 0 Å². The summed E-state index contributed by atoms with van der Waals surface area (Å²) in [4.78, 5) is 5.55.